The number of carbonyl (C=O) groups excluding carboxylic acids is 1. The molecule has 0 spiro atoms. The summed E-state index contributed by atoms with van der Waals surface area (Å²) in [5.74, 6) is 0.699. The van der Waals surface area contributed by atoms with Crippen LogP contribution in [0.1, 0.15) is 74.1 Å². The number of hydrogen-bond donors (Lipinski definition) is 2. The van der Waals surface area contributed by atoms with Crippen LogP contribution in [-0.2, 0) is 4.74 Å². The van der Waals surface area contributed by atoms with Crippen molar-refractivity contribution in [1.29, 1.82) is 0 Å². The molecule has 1 aliphatic carbocycles. The molecule has 1 fully saturated rings. The molecule has 1 saturated carbocycles. The molecule has 3 atom stereocenters. The summed E-state index contributed by atoms with van der Waals surface area (Å²) in [6, 6.07) is 0.796. The standard InChI is InChI=1S/C18H36N2O2/c1-13(12-19-16(21)22-18(5,6)7)20-15-11-9-8-10-14(15)17(2,3)4/h13-15,20H,8-12H2,1-7H3,(H,19,21). The number of hydrogen-bond acceptors (Lipinski definition) is 3. The molecule has 4 heteroatoms. The second-order valence-corrected chi connectivity index (χ2v) is 8.81. The Kier molecular flexibility index (Phi) is 6.72. The van der Waals surface area contributed by atoms with Crippen LogP contribution in [0.2, 0.25) is 0 Å². The molecular formula is C18H36N2O2. The number of carbonyl (C=O) groups is 1. The van der Waals surface area contributed by atoms with Gasteiger partial charge in [-0.05, 0) is 51.9 Å². The van der Waals surface area contributed by atoms with E-state index in [9.17, 15) is 4.79 Å². The van der Waals surface area contributed by atoms with Crippen LogP contribution in [0.3, 0.4) is 0 Å². The molecule has 0 radical (unpaired) electrons. The first-order chi connectivity index (χ1) is 9.99. The summed E-state index contributed by atoms with van der Waals surface area (Å²) in [7, 11) is 0. The summed E-state index contributed by atoms with van der Waals surface area (Å²) < 4.78 is 5.28. The number of alkyl carbamates (subject to hydrolysis) is 1. The quantitative estimate of drug-likeness (QED) is 0.822. The van der Waals surface area contributed by atoms with Crippen LogP contribution in [0.4, 0.5) is 4.79 Å². The number of rotatable bonds is 4. The van der Waals surface area contributed by atoms with Crippen LogP contribution in [0.5, 0.6) is 0 Å². The Bertz CT molecular complexity index is 355. The first-order valence-corrected chi connectivity index (χ1v) is 8.72. The minimum Gasteiger partial charge on any atom is -0.444 e. The highest BCUT2D eigenvalue weighted by atomic mass is 16.6. The SMILES string of the molecule is CC(CNC(=O)OC(C)(C)C)NC1CCCCC1C(C)(C)C. The molecule has 3 unspecified atom stereocenters. The van der Waals surface area contributed by atoms with Gasteiger partial charge in [0.1, 0.15) is 5.60 Å². The fourth-order valence-corrected chi connectivity index (χ4v) is 3.34. The van der Waals surface area contributed by atoms with Gasteiger partial charge in [0.25, 0.3) is 0 Å². The van der Waals surface area contributed by atoms with Gasteiger partial charge in [0.2, 0.25) is 0 Å². The maximum absolute atomic E-state index is 11.7. The van der Waals surface area contributed by atoms with Crippen LogP contribution in [-0.4, -0.2) is 30.3 Å². The van der Waals surface area contributed by atoms with Crippen molar-refractivity contribution in [3.63, 3.8) is 0 Å². The topological polar surface area (TPSA) is 50.4 Å². The van der Waals surface area contributed by atoms with E-state index >= 15 is 0 Å². The molecule has 0 aromatic heterocycles. The largest absolute Gasteiger partial charge is 0.444 e. The highest BCUT2D eigenvalue weighted by Crippen LogP contribution is 2.38. The summed E-state index contributed by atoms with van der Waals surface area (Å²) >= 11 is 0. The fraction of sp³-hybridized carbons (Fsp3) is 0.944. The zero-order valence-corrected chi connectivity index (χ0v) is 15.6. The third-order valence-electron chi connectivity index (χ3n) is 4.33. The zero-order chi connectivity index (χ0) is 17.0. The van der Waals surface area contributed by atoms with E-state index in [-0.39, 0.29) is 12.1 Å². The summed E-state index contributed by atoms with van der Waals surface area (Å²) in [5.41, 5.74) is -0.113. The van der Waals surface area contributed by atoms with E-state index in [0.29, 0.717) is 23.9 Å². The minimum absolute atomic E-state index is 0.250. The molecule has 4 nitrogen and oxygen atoms in total. The van der Waals surface area contributed by atoms with Gasteiger partial charge in [-0.25, -0.2) is 4.79 Å². The van der Waals surface area contributed by atoms with Crippen molar-refractivity contribution in [2.24, 2.45) is 11.3 Å². The van der Waals surface area contributed by atoms with Crippen molar-refractivity contribution >= 4 is 6.09 Å². The lowest BCUT2D eigenvalue weighted by molar-refractivity contribution is 0.0518. The van der Waals surface area contributed by atoms with Gasteiger partial charge in [-0.3, -0.25) is 0 Å². The first-order valence-electron chi connectivity index (χ1n) is 8.72. The van der Waals surface area contributed by atoms with Crippen LogP contribution < -0.4 is 10.6 Å². The summed E-state index contributed by atoms with van der Waals surface area (Å²) in [4.78, 5) is 11.7. The lowest BCUT2D eigenvalue weighted by Crippen LogP contribution is -2.50. The molecule has 0 aromatic carbocycles. The molecule has 0 heterocycles. The van der Waals surface area contributed by atoms with Gasteiger partial charge in [-0.2, -0.15) is 0 Å². The van der Waals surface area contributed by atoms with Crippen molar-refractivity contribution in [2.45, 2.75) is 91.8 Å². The Morgan fingerprint density at radius 1 is 1.14 bits per heavy atom. The van der Waals surface area contributed by atoms with Gasteiger partial charge in [0.15, 0.2) is 0 Å². The van der Waals surface area contributed by atoms with Crippen LogP contribution in [0.15, 0.2) is 0 Å². The van der Waals surface area contributed by atoms with E-state index in [4.69, 9.17) is 4.74 Å². The molecule has 1 amide bonds. The molecule has 130 valence electrons. The number of nitrogens with one attached hydrogen (secondary N) is 2. The Morgan fingerprint density at radius 2 is 1.73 bits per heavy atom. The molecule has 0 saturated heterocycles. The average Bonchev–Trinajstić information content (AvgIpc) is 2.34. The molecule has 1 aliphatic rings. The van der Waals surface area contributed by atoms with Crippen LogP contribution in [0.25, 0.3) is 0 Å². The number of amides is 1. The van der Waals surface area contributed by atoms with Crippen LogP contribution in [0, 0.1) is 11.3 Å². The Morgan fingerprint density at radius 3 is 2.27 bits per heavy atom. The van der Waals surface area contributed by atoms with Crippen molar-refractivity contribution in [2.75, 3.05) is 6.54 Å². The summed E-state index contributed by atoms with van der Waals surface area (Å²) in [6.45, 7) is 15.4. The van der Waals surface area contributed by atoms with Gasteiger partial charge < -0.3 is 15.4 Å². The minimum atomic E-state index is -0.443. The maximum atomic E-state index is 11.7. The monoisotopic (exact) mass is 312 g/mol. The van der Waals surface area contributed by atoms with Gasteiger partial charge in [-0.15, -0.1) is 0 Å². The Balaban J connectivity index is 2.43. The molecule has 0 aromatic rings. The van der Waals surface area contributed by atoms with E-state index in [1.807, 2.05) is 20.8 Å². The molecule has 2 N–H and O–H groups in total. The van der Waals surface area contributed by atoms with Crippen molar-refractivity contribution < 1.29 is 9.53 Å². The van der Waals surface area contributed by atoms with E-state index in [1.165, 1.54) is 25.7 Å². The summed E-state index contributed by atoms with van der Waals surface area (Å²) in [5, 5.41) is 6.58. The third kappa shape index (κ3) is 6.99. The Labute approximate surface area is 136 Å². The normalized spacial score (nSPS) is 24.7. The van der Waals surface area contributed by atoms with E-state index in [2.05, 4.69) is 38.3 Å². The fourth-order valence-electron chi connectivity index (χ4n) is 3.34. The molecule has 0 aliphatic heterocycles. The maximum Gasteiger partial charge on any atom is 0.407 e. The van der Waals surface area contributed by atoms with Gasteiger partial charge in [0, 0.05) is 18.6 Å². The molecule has 1 rings (SSSR count). The van der Waals surface area contributed by atoms with Crippen molar-refractivity contribution in [1.82, 2.24) is 10.6 Å². The highest BCUT2D eigenvalue weighted by Gasteiger charge is 2.34. The van der Waals surface area contributed by atoms with Gasteiger partial charge in [0.05, 0.1) is 0 Å². The third-order valence-corrected chi connectivity index (χ3v) is 4.33. The Hall–Kier alpha value is -0.770. The predicted molar refractivity (Wildman–Crippen MR) is 92.0 cm³/mol. The van der Waals surface area contributed by atoms with Gasteiger partial charge in [-0.1, -0.05) is 33.6 Å². The van der Waals surface area contributed by atoms with E-state index in [0.717, 1.165) is 0 Å². The lowest BCUT2D eigenvalue weighted by atomic mass is 9.69. The van der Waals surface area contributed by atoms with E-state index in [1.54, 1.807) is 0 Å². The van der Waals surface area contributed by atoms with Crippen molar-refractivity contribution in [3.8, 4) is 0 Å². The average molecular weight is 312 g/mol. The molecule has 0 bridgehead atoms. The van der Waals surface area contributed by atoms with Gasteiger partial charge >= 0.3 is 6.09 Å². The summed E-state index contributed by atoms with van der Waals surface area (Å²) in [6.07, 6.45) is 4.84. The molecular weight excluding hydrogens is 276 g/mol. The van der Waals surface area contributed by atoms with E-state index < -0.39 is 5.60 Å². The predicted octanol–water partition coefficient (Wildman–Crippen LogP) is 4.09. The highest BCUT2D eigenvalue weighted by molar-refractivity contribution is 5.67. The van der Waals surface area contributed by atoms with Crippen LogP contribution >= 0.6 is 0 Å². The lowest BCUT2D eigenvalue weighted by Gasteiger charge is -2.42. The molecule has 22 heavy (non-hydrogen) atoms. The second kappa shape index (κ2) is 7.67. The second-order valence-electron chi connectivity index (χ2n) is 8.81. The smallest absolute Gasteiger partial charge is 0.407 e. The zero-order valence-electron chi connectivity index (χ0n) is 15.6. The number of ether oxygens (including phenoxy) is 1. The first kappa shape index (κ1) is 19.3. The van der Waals surface area contributed by atoms with Crippen molar-refractivity contribution in [3.05, 3.63) is 0 Å².